The fourth-order valence-electron chi connectivity index (χ4n) is 4.01. The molecule has 0 spiro atoms. The predicted octanol–water partition coefficient (Wildman–Crippen LogP) is 2.13. The predicted molar refractivity (Wildman–Crippen MR) is 93.6 cm³/mol. The molecule has 0 saturated carbocycles. The van der Waals surface area contributed by atoms with E-state index < -0.39 is 0 Å². The summed E-state index contributed by atoms with van der Waals surface area (Å²) in [5, 5.41) is 2.70. The molecule has 1 aromatic rings. The molecular formula is C19H27N3O2. The molecule has 24 heavy (non-hydrogen) atoms. The maximum absolute atomic E-state index is 12.5. The van der Waals surface area contributed by atoms with Crippen molar-refractivity contribution in [1.82, 2.24) is 15.1 Å². The van der Waals surface area contributed by atoms with Crippen molar-refractivity contribution in [1.29, 1.82) is 0 Å². The molecule has 2 saturated heterocycles. The van der Waals surface area contributed by atoms with E-state index in [9.17, 15) is 9.59 Å². The van der Waals surface area contributed by atoms with Crippen molar-refractivity contribution in [3.8, 4) is 0 Å². The quantitative estimate of drug-likeness (QED) is 0.923. The first-order valence-electron chi connectivity index (χ1n) is 8.95. The second-order valence-electron chi connectivity index (χ2n) is 6.93. The second kappa shape index (κ2) is 7.69. The van der Waals surface area contributed by atoms with Crippen LogP contribution in [0.25, 0.3) is 0 Å². The molecule has 1 aromatic carbocycles. The summed E-state index contributed by atoms with van der Waals surface area (Å²) in [4.78, 5) is 28.1. The summed E-state index contributed by atoms with van der Waals surface area (Å²) in [7, 11) is 1.68. The third-order valence-corrected chi connectivity index (χ3v) is 5.48. The molecule has 2 aliphatic heterocycles. The molecular weight excluding hydrogens is 302 g/mol. The van der Waals surface area contributed by atoms with E-state index in [4.69, 9.17) is 0 Å². The zero-order chi connectivity index (χ0) is 16.9. The first kappa shape index (κ1) is 16.8. The molecule has 1 atom stereocenters. The van der Waals surface area contributed by atoms with Crippen molar-refractivity contribution in [2.45, 2.75) is 25.7 Å². The Labute approximate surface area is 144 Å². The van der Waals surface area contributed by atoms with Crippen LogP contribution in [0, 0.1) is 11.8 Å². The molecule has 5 heteroatoms. The Hall–Kier alpha value is -2.04. The number of urea groups is 1. The molecule has 2 fully saturated rings. The van der Waals surface area contributed by atoms with Crippen LogP contribution in [0.2, 0.25) is 0 Å². The third kappa shape index (κ3) is 3.89. The summed E-state index contributed by atoms with van der Waals surface area (Å²) < 4.78 is 0. The van der Waals surface area contributed by atoms with E-state index in [0.717, 1.165) is 51.0 Å². The lowest BCUT2D eigenvalue weighted by Gasteiger charge is -2.34. The summed E-state index contributed by atoms with van der Waals surface area (Å²) in [6.45, 7) is 3.43. The number of hydrogen-bond donors (Lipinski definition) is 1. The van der Waals surface area contributed by atoms with Gasteiger partial charge in [-0.2, -0.15) is 0 Å². The van der Waals surface area contributed by atoms with Crippen molar-refractivity contribution >= 4 is 11.9 Å². The molecule has 3 rings (SSSR count). The largest absolute Gasteiger partial charge is 0.342 e. The minimum absolute atomic E-state index is 0.0273. The number of carbonyl (C=O) groups excluding carboxylic acids is 2. The van der Waals surface area contributed by atoms with Crippen molar-refractivity contribution in [3.63, 3.8) is 0 Å². The minimum Gasteiger partial charge on any atom is -0.342 e. The normalized spacial score (nSPS) is 21.8. The van der Waals surface area contributed by atoms with Gasteiger partial charge >= 0.3 is 6.03 Å². The summed E-state index contributed by atoms with van der Waals surface area (Å²) in [5.41, 5.74) is 1.09. The van der Waals surface area contributed by atoms with Crippen molar-refractivity contribution in [2.75, 3.05) is 33.2 Å². The number of nitrogens with zero attached hydrogens (tertiary/aromatic N) is 2. The van der Waals surface area contributed by atoms with Gasteiger partial charge < -0.3 is 15.1 Å². The monoisotopic (exact) mass is 329 g/mol. The Morgan fingerprint density at radius 1 is 1.00 bits per heavy atom. The lowest BCUT2D eigenvalue weighted by Crippen LogP contribution is -2.44. The standard InChI is InChI=1S/C19H27N3O2/c1-20-19(24)21-10-7-16(8-11-21)17-9-12-22(14-17)18(23)13-15-5-3-2-4-6-15/h2-6,16-17H,7-14H2,1H3,(H,20,24). The van der Waals surface area contributed by atoms with Crippen LogP contribution < -0.4 is 5.32 Å². The highest BCUT2D eigenvalue weighted by Crippen LogP contribution is 2.32. The molecule has 0 aliphatic carbocycles. The number of piperidine rings is 1. The number of nitrogens with one attached hydrogen (secondary N) is 1. The lowest BCUT2D eigenvalue weighted by molar-refractivity contribution is -0.129. The van der Waals surface area contributed by atoms with Crippen molar-refractivity contribution in [3.05, 3.63) is 35.9 Å². The average molecular weight is 329 g/mol. The third-order valence-electron chi connectivity index (χ3n) is 5.48. The maximum Gasteiger partial charge on any atom is 0.317 e. The average Bonchev–Trinajstić information content (AvgIpc) is 3.12. The van der Waals surface area contributed by atoms with Crippen LogP contribution in [0.3, 0.4) is 0 Å². The maximum atomic E-state index is 12.5. The van der Waals surface area contributed by atoms with Gasteiger partial charge in [0.2, 0.25) is 5.91 Å². The molecule has 1 unspecified atom stereocenters. The Morgan fingerprint density at radius 3 is 2.29 bits per heavy atom. The number of carbonyl (C=O) groups is 2. The number of likely N-dealkylation sites (tertiary alicyclic amines) is 2. The van der Waals surface area contributed by atoms with E-state index >= 15 is 0 Å². The fourth-order valence-corrected chi connectivity index (χ4v) is 4.01. The van der Waals surface area contributed by atoms with E-state index in [-0.39, 0.29) is 11.9 Å². The molecule has 0 aromatic heterocycles. The highest BCUT2D eigenvalue weighted by Gasteiger charge is 2.34. The van der Waals surface area contributed by atoms with Gasteiger partial charge in [0.05, 0.1) is 6.42 Å². The first-order valence-corrected chi connectivity index (χ1v) is 8.95. The van der Waals surface area contributed by atoms with Gasteiger partial charge in [-0.3, -0.25) is 4.79 Å². The number of amides is 3. The van der Waals surface area contributed by atoms with Gasteiger partial charge in [-0.25, -0.2) is 4.79 Å². The van der Waals surface area contributed by atoms with Gasteiger partial charge in [-0.05, 0) is 36.7 Å². The molecule has 2 heterocycles. The van der Waals surface area contributed by atoms with Crippen LogP contribution >= 0.6 is 0 Å². The van der Waals surface area contributed by atoms with Gasteiger partial charge in [0.1, 0.15) is 0 Å². The first-order chi connectivity index (χ1) is 11.7. The molecule has 0 radical (unpaired) electrons. The van der Waals surface area contributed by atoms with Crippen molar-refractivity contribution < 1.29 is 9.59 Å². The highest BCUT2D eigenvalue weighted by atomic mass is 16.2. The molecule has 130 valence electrons. The summed E-state index contributed by atoms with van der Waals surface area (Å²) in [6.07, 6.45) is 3.71. The molecule has 3 amide bonds. The van der Waals surface area contributed by atoms with E-state index in [2.05, 4.69) is 5.32 Å². The zero-order valence-electron chi connectivity index (χ0n) is 14.4. The number of benzene rings is 1. The van der Waals surface area contributed by atoms with Gasteiger partial charge in [0, 0.05) is 33.2 Å². The van der Waals surface area contributed by atoms with Crippen LogP contribution in [0.4, 0.5) is 4.79 Å². The Morgan fingerprint density at radius 2 is 1.62 bits per heavy atom. The van der Waals surface area contributed by atoms with Gasteiger partial charge in [0.15, 0.2) is 0 Å². The molecule has 5 nitrogen and oxygen atoms in total. The fraction of sp³-hybridized carbons (Fsp3) is 0.579. The summed E-state index contributed by atoms with van der Waals surface area (Å²) >= 11 is 0. The minimum atomic E-state index is 0.0273. The molecule has 2 aliphatic rings. The Balaban J connectivity index is 1.47. The van der Waals surface area contributed by atoms with Crippen LogP contribution in [0.5, 0.6) is 0 Å². The highest BCUT2D eigenvalue weighted by molar-refractivity contribution is 5.79. The van der Waals surface area contributed by atoms with Gasteiger partial charge in [-0.1, -0.05) is 30.3 Å². The van der Waals surface area contributed by atoms with Crippen LogP contribution in [0.15, 0.2) is 30.3 Å². The van der Waals surface area contributed by atoms with Gasteiger partial charge in [0.25, 0.3) is 0 Å². The number of hydrogen-bond acceptors (Lipinski definition) is 2. The smallest absolute Gasteiger partial charge is 0.317 e. The number of rotatable bonds is 3. The van der Waals surface area contributed by atoms with Crippen LogP contribution in [-0.4, -0.2) is 55.0 Å². The van der Waals surface area contributed by atoms with Crippen molar-refractivity contribution in [2.24, 2.45) is 11.8 Å². The van der Waals surface area contributed by atoms with Crippen LogP contribution in [-0.2, 0) is 11.2 Å². The molecule has 0 bridgehead atoms. The summed E-state index contributed by atoms with van der Waals surface area (Å²) in [6, 6.07) is 10.00. The lowest BCUT2D eigenvalue weighted by atomic mass is 9.84. The molecule has 1 N–H and O–H groups in total. The topological polar surface area (TPSA) is 52.7 Å². The summed E-state index contributed by atoms with van der Waals surface area (Å²) in [5.74, 6) is 1.48. The second-order valence-corrected chi connectivity index (χ2v) is 6.93. The van der Waals surface area contributed by atoms with E-state index in [0.29, 0.717) is 18.3 Å². The van der Waals surface area contributed by atoms with E-state index in [1.165, 1.54) is 0 Å². The Kier molecular flexibility index (Phi) is 5.38. The van der Waals surface area contributed by atoms with Gasteiger partial charge in [-0.15, -0.1) is 0 Å². The zero-order valence-corrected chi connectivity index (χ0v) is 14.4. The van der Waals surface area contributed by atoms with Crippen LogP contribution in [0.1, 0.15) is 24.8 Å². The Bertz CT molecular complexity index is 567. The van der Waals surface area contributed by atoms with E-state index in [1.807, 2.05) is 40.1 Å². The SMILES string of the molecule is CNC(=O)N1CCC(C2CCN(C(=O)Cc3ccccc3)C2)CC1. The van der Waals surface area contributed by atoms with E-state index in [1.54, 1.807) is 7.05 Å².